The molecule has 0 spiro atoms. The predicted octanol–water partition coefficient (Wildman–Crippen LogP) is 4.18. The molecule has 1 amide bonds. The summed E-state index contributed by atoms with van der Waals surface area (Å²) in [6, 6.07) is 19.2. The zero-order valence-electron chi connectivity index (χ0n) is 14.8. The largest absolute Gasteiger partial charge is 0.485 e. The van der Waals surface area contributed by atoms with Crippen molar-refractivity contribution in [2.75, 3.05) is 0 Å². The molecular formula is C22H20N2O2. The highest BCUT2D eigenvalue weighted by Gasteiger charge is 2.20. The summed E-state index contributed by atoms with van der Waals surface area (Å²) in [4.78, 5) is 12.5. The Hall–Kier alpha value is -3.32. The molecule has 0 radical (unpaired) electrons. The summed E-state index contributed by atoms with van der Waals surface area (Å²) in [5, 5.41) is 12.3. The molecule has 2 aromatic carbocycles. The van der Waals surface area contributed by atoms with Gasteiger partial charge in [0.05, 0.1) is 6.04 Å². The molecule has 0 bridgehead atoms. The Bertz CT molecular complexity index is 907. The SMILES string of the molecule is CC1Oc2ccccc2C=C1C=C(C#N)C(=O)NC(C)c1ccccc1. The molecule has 2 atom stereocenters. The topological polar surface area (TPSA) is 62.1 Å². The molecule has 130 valence electrons. The van der Waals surface area contributed by atoms with E-state index in [1.54, 1.807) is 6.08 Å². The molecule has 2 unspecified atom stereocenters. The van der Waals surface area contributed by atoms with E-state index in [4.69, 9.17) is 4.74 Å². The van der Waals surface area contributed by atoms with Gasteiger partial charge in [0.15, 0.2) is 0 Å². The van der Waals surface area contributed by atoms with Crippen molar-refractivity contribution in [3.63, 3.8) is 0 Å². The van der Waals surface area contributed by atoms with E-state index in [1.165, 1.54) is 0 Å². The molecule has 3 rings (SSSR count). The van der Waals surface area contributed by atoms with Crippen molar-refractivity contribution in [2.45, 2.75) is 26.0 Å². The van der Waals surface area contributed by atoms with Crippen LogP contribution in [0.2, 0.25) is 0 Å². The maximum Gasteiger partial charge on any atom is 0.262 e. The third kappa shape index (κ3) is 3.84. The van der Waals surface area contributed by atoms with Gasteiger partial charge < -0.3 is 10.1 Å². The van der Waals surface area contributed by atoms with Crippen LogP contribution < -0.4 is 10.1 Å². The number of amides is 1. The number of nitriles is 1. The molecule has 0 saturated carbocycles. The van der Waals surface area contributed by atoms with E-state index in [-0.39, 0.29) is 17.7 Å². The van der Waals surface area contributed by atoms with Crippen molar-refractivity contribution in [3.05, 3.63) is 82.9 Å². The highest BCUT2D eigenvalue weighted by Crippen LogP contribution is 2.30. The van der Waals surface area contributed by atoms with Crippen LogP contribution in [0.1, 0.15) is 31.0 Å². The summed E-state index contributed by atoms with van der Waals surface area (Å²) in [5.41, 5.74) is 2.78. The average Bonchev–Trinajstić information content (AvgIpc) is 2.66. The van der Waals surface area contributed by atoms with E-state index < -0.39 is 5.91 Å². The van der Waals surface area contributed by atoms with Gasteiger partial charge in [0.1, 0.15) is 23.5 Å². The van der Waals surface area contributed by atoms with E-state index in [0.29, 0.717) is 0 Å². The fraction of sp³-hybridized carbons (Fsp3) is 0.182. The standard InChI is InChI=1S/C22H20N2O2/c1-15(17-8-4-3-5-9-17)24-22(25)20(14-23)13-19-12-18-10-6-7-11-21(18)26-16(19)2/h3-13,15-16H,1-2H3,(H,24,25). The minimum Gasteiger partial charge on any atom is -0.485 e. The normalized spacial score (nSPS) is 17.2. The van der Waals surface area contributed by atoms with Crippen molar-refractivity contribution in [2.24, 2.45) is 0 Å². The Morgan fingerprint density at radius 2 is 1.88 bits per heavy atom. The van der Waals surface area contributed by atoms with E-state index in [9.17, 15) is 10.1 Å². The molecule has 26 heavy (non-hydrogen) atoms. The number of hydrogen-bond acceptors (Lipinski definition) is 3. The molecular weight excluding hydrogens is 324 g/mol. The fourth-order valence-electron chi connectivity index (χ4n) is 2.84. The second-order valence-corrected chi connectivity index (χ2v) is 6.22. The number of carbonyl (C=O) groups excluding carboxylic acids is 1. The summed E-state index contributed by atoms with van der Waals surface area (Å²) >= 11 is 0. The van der Waals surface area contributed by atoms with Crippen molar-refractivity contribution < 1.29 is 9.53 Å². The van der Waals surface area contributed by atoms with E-state index in [2.05, 4.69) is 5.32 Å². The number of nitrogens with zero attached hydrogens (tertiary/aromatic N) is 1. The molecule has 2 aromatic rings. The van der Waals surface area contributed by atoms with Gasteiger partial charge in [0, 0.05) is 5.56 Å². The van der Waals surface area contributed by atoms with Crippen LogP contribution in [0.5, 0.6) is 5.75 Å². The lowest BCUT2D eigenvalue weighted by Crippen LogP contribution is -2.28. The Balaban J connectivity index is 1.81. The van der Waals surface area contributed by atoms with E-state index >= 15 is 0 Å². The van der Waals surface area contributed by atoms with Gasteiger partial charge in [0.2, 0.25) is 0 Å². The Kier molecular flexibility index (Phi) is 5.19. The number of fused-ring (bicyclic) bond motifs is 1. The molecule has 4 heteroatoms. The zero-order valence-corrected chi connectivity index (χ0v) is 14.8. The second-order valence-electron chi connectivity index (χ2n) is 6.22. The predicted molar refractivity (Wildman–Crippen MR) is 101 cm³/mol. The van der Waals surface area contributed by atoms with Gasteiger partial charge in [-0.1, -0.05) is 48.5 Å². The first kappa shape index (κ1) is 17.5. The van der Waals surface area contributed by atoms with Crippen molar-refractivity contribution in [1.29, 1.82) is 5.26 Å². The van der Waals surface area contributed by atoms with Gasteiger partial charge >= 0.3 is 0 Å². The monoisotopic (exact) mass is 344 g/mol. The van der Waals surface area contributed by atoms with Gasteiger partial charge in [-0.2, -0.15) is 5.26 Å². The first-order valence-electron chi connectivity index (χ1n) is 8.53. The number of para-hydroxylation sites is 1. The first-order valence-corrected chi connectivity index (χ1v) is 8.53. The number of hydrogen-bond donors (Lipinski definition) is 1. The van der Waals surface area contributed by atoms with Gasteiger partial charge in [0.25, 0.3) is 5.91 Å². The van der Waals surface area contributed by atoms with Crippen LogP contribution in [0, 0.1) is 11.3 Å². The molecule has 0 aromatic heterocycles. The number of carbonyl (C=O) groups is 1. The minimum atomic E-state index is -0.393. The smallest absolute Gasteiger partial charge is 0.262 e. The lowest BCUT2D eigenvalue weighted by atomic mass is 10.00. The van der Waals surface area contributed by atoms with Crippen LogP contribution in [0.15, 0.2) is 71.8 Å². The highest BCUT2D eigenvalue weighted by atomic mass is 16.5. The molecule has 1 aliphatic heterocycles. The van der Waals surface area contributed by atoms with E-state index in [1.807, 2.05) is 80.6 Å². The maximum absolute atomic E-state index is 12.5. The Morgan fingerprint density at radius 3 is 2.62 bits per heavy atom. The molecule has 0 fully saturated rings. The van der Waals surface area contributed by atoms with Gasteiger partial charge in [-0.25, -0.2) is 0 Å². The van der Waals surface area contributed by atoms with Crippen molar-refractivity contribution in [3.8, 4) is 11.8 Å². The number of rotatable bonds is 4. The molecule has 0 saturated heterocycles. The van der Waals surface area contributed by atoms with Crippen LogP contribution in [-0.2, 0) is 4.79 Å². The van der Waals surface area contributed by atoms with E-state index in [0.717, 1.165) is 22.4 Å². The maximum atomic E-state index is 12.5. The van der Waals surface area contributed by atoms with Crippen LogP contribution >= 0.6 is 0 Å². The van der Waals surface area contributed by atoms with Crippen molar-refractivity contribution in [1.82, 2.24) is 5.32 Å². The number of benzene rings is 2. The highest BCUT2D eigenvalue weighted by molar-refractivity contribution is 5.98. The van der Waals surface area contributed by atoms with Gasteiger partial charge in [-0.15, -0.1) is 0 Å². The minimum absolute atomic E-state index is 0.0638. The molecule has 1 aliphatic rings. The molecule has 0 aliphatic carbocycles. The van der Waals surface area contributed by atoms with Gasteiger partial charge in [-0.05, 0) is 43.2 Å². The van der Waals surface area contributed by atoms with Gasteiger partial charge in [-0.3, -0.25) is 4.79 Å². The van der Waals surface area contributed by atoms with Crippen LogP contribution in [-0.4, -0.2) is 12.0 Å². The third-order valence-corrected chi connectivity index (χ3v) is 4.34. The summed E-state index contributed by atoms with van der Waals surface area (Å²) in [6.45, 7) is 3.79. The number of nitrogens with one attached hydrogen (secondary N) is 1. The number of ether oxygens (including phenoxy) is 1. The Morgan fingerprint density at radius 1 is 1.19 bits per heavy atom. The molecule has 1 N–H and O–H groups in total. The van der Waals surface area contributed by atoms with Crippen molar-refractivity contribution >= 4 is 12.0 Å². The lowest BCUT2D eigenvalue weighted by Gasteiger charge is -2.23. The fourth-order valence-corrected chi connectivity index (χ4v) is 2.84. The van der Waals surface area contributed by atoms with Crippen LogP contribution in [0.4, 0.5) is 0 Å². The summed E-state index contributed by atoms with van der Waals surface area (Å²) in [6.07, 6.45) is 3.33. The summed E-state index contributed by atoms with van der Waals surface area (Å²) < 4.78 is 5.87. The summed E-state index contributed by atoms with van der Waals surface area (Å²) in [5.74, 6) is 0.411. The zero-order chi connectivity index (χ0) is 18.5. The summed E-state index contributed by atoms with van der Waals surface area (Å²) in [7, 11) is 0. The average molecular weight is 344 g/mol. The third-order valence-electron chi connectivity index (χ3n) is 4.34. The lowest BCUT2D eigenvalue weighted by molar-refractivity contribution is -0.117. The quantitative estimate of drug-likeness (QED) is 0.668. The van der Waals surface area contributed by atoms with Crippen LogP contribution in [0.3, 0.4) is 0 Å². The molecule has 4 nitrogen and oxygen atoms in total. The second kappa shape index (κ2) is 7.71. The Labute approximate surface area is 153 Å². The van der Waals surface area contributed by atoms with Crippen LogP contribution in [0.25, 0.3) is 6.08 Å². The first-order chi connectivity index (χ1) is 12.6. The molecule has 1 heterocycles.